The molecular formula is C14H17NO4S. The van der Waals surface area contributed by atoms with Gasteiger partial charge in [0.05, 0.1) is 6.54 Å². The highest BCUT2D eigenvalue weighted by atomic mass is 32.1. The fraction of sp³-hybridized carbons (Fsp3) is 0.429. The summed E-state index contributed by atoms with van der Waals surface area (Å²) >= 11 is 1.45. The van der Waals surface area contributed by atoms with Gasteiger partial charge in [-0.05, 0) is 38.0 Å². The summed E-state index contributed by atoms with van der Waals surface area (Å²) in [6, 6.07) is 3.71. The van der Waals surface area contributed by atoms with Crippen molar-refractivity contribution in [2.75, 3.05) is 6.61 Å². The fourth-order valence-electron chi connectivity index (χ4n) is 2.05. The maximum Gasteiger partial charge on any atom is 0.328 e. The number of nitrogens with one attached hydrogen (secondary N) is 1. The van der Waals surface area contributed by atoms with Crippen molar-refractivity contribution < 1.29 is 19.4 Å². The van der Waals surface area contributed by atoms with Gasteiger partial charge in [-0.1, -0.05) is 0 Å². The van der Waals surface area contributed by atoms with Gasteiger partial charge in [0.2, 0.25) is 0 Å². The van der Waals surface area contributed by atoms with Crippen molar-refractivity contribution in [1.29, 1.82) is 0 Å². The van der Waals surface area contributed by atoms with E-state index in [1.807, 2.05) is 19.1 Å². The van der Waals surface area contributed by atoms with E-state index in [0.717, 1.165) is 28.7 Å². The molecule has 20 heavy (non-hydrogen) atoms. The van der Waals surface area contributed by atoms with Crippen LogP contribution < -0.4 is 5.32 Å². The van der Waals surface area contributed by atoms with Gasteiger partial charge in [-0.2, -0.15) is 0 Å². The van der Waals surface area contributed by atoms with Gasteiger partial charge in [-0.15, -0.1) is 11.3 Å². The summed E-state index contributed by atoms with van der Waals surface area (Å²) < 4.78 is 5.48. The second kappa shape index (κ2) is 6.19. The predicted molar refractivity (Wildman–Crippen MR) is 76.4 cm³/mol. The zero-order valence-corrected chi connectivity index (χ0v) is 12.0. The number of carboxylic acids is 1. The number of amides is 1. The average Bonchev–Trinajstić information content (AvgIpc) is 3.03. The molecule has 1 aliphatic rings. The highest BCUT2D eigenvalue weighted by molar-refractivity contribution is 7.12. The Balaban J connectivity index is 1.88. The van der Waals surface area contributed by atoms with Crippen molar-refractivity contribution in [2.24, 2.45) is 0 Å². The third-order valence-corrected chi connectivity index (χ3v) is 4.25. The minimum absolute atomic E-state index is 0.0916. The van der Waals surface area contributed by atoms with Gasteiger partial charge in [0.15, 0.2) is 0 Å². The Hall–Kier alpha value is -1.66. The lowest BCUT2D eigenvalue weighted by molar-refractivity contribution is -0.139. The lowest BCUT2D eigenvalue weighted by Gasteiger charge is -2.21. The van der Waals surface area contributed by atoms with Gasteiger partial charge in [-0.3, -0.25) is 4.79 Å². The predicted octanol–water partition coefficient (Wildman–Crippen LogP) is 2.03. The Bertz CT molecular complexity index is 529. The van der Waals surface area contributed by atoms with Crippen molar-refractivity contribution in [3.63, 3.8) is 0 Å². The van der Waals surface area contributed by atoms with Crippen LogP contribution in [0.3, 0.4) is 0 Å². The summed E-state index contributed by atoms with van der Waals surface area (Å²) in [6.45, 7) is 2.88. The minimum Gasteiger partial charge on any atom is -0.478 e. The molecule has 1 aromatic heterocycles. The molecule has 0 radical (unpaired) electrons. The van der Waals surface area contributed by atoms with E-state index in [2.05, 4.69) is 5.32 Å². The van der Waals surface area contributed by atoms with Gasteiger partial charge in [0, 0.05) is 22.4 Å². The normalized spacial score (nSPS) is 22.2. The molecule has 108 valence electrons. The zero-order valence-electron chi connectivity index (χ0n) is 11.2. The number of hydrogen-bond acceptors (Lipinski definition) is 4. The van der Waals surface area contributed by atoms with Gasteiger partial charge >= 0.3 is 5.97 Å². The molecule has 1 aliphatic heterocycles. The van der Waals surface area contributed by atoms with E-state index in [-0.39, 0.29) is 5.91 Å². The van der Waals surface area contributed by atoms with Crippen LogP contribution in [0, 0.1) is 0 Å². The van der Waals surface area contributed by atoms with E-state index >= 15 is 0 Å². The number of rotatable bonds is 5. The Morgan fingerprint density at radius 2 is 2.35 bits per heavy atom. The molecule has 0 saturated carbocycles. The Kier molecular flexibility index (Phi) is 4.57. The van der Waals surface area contributed by atoms with Crippen LogP contribution in [0.4, 0.5) is 0 Å². The van der Waals surface area contributed by atoms with Crippen molar-refractivity contribution in [3.8, 4) is 0 Å². The summed E-state index contributed by atoms with van der Waals surface area (Å²) in [5.41, 5.74) is -0.705. The zero-order chi connectivity index (χ0) is 14.6. The Morgan fingerprint density at radius 1 is 1.55 bits per heavy atom. The maximum absolute atomic E-state index is 12.0. The van der Waals surface area contributed by atoms with Crippen LogP contribution in [0.5, 0.6) is 0 Å². The second-order valence-electron chi connectivity index (χ2n) is 4.84. The quantitative estimate of drug-likeness (QED) is 0.815. The molecule has 6 heteroatoms. The van der Waals surface area contributed by atoms with Gasteiger partial charge < -0.3 is 15.2 Å². The first-order chi connectivity index (χ1) is 9.49. The molecule has 2 rings (SSSR count). The van der Waals surface area contributed by atoms with Crippen molar-refractivity contribution in [3.05, 3.63) is 28.0 Å². The maximum atomic E-state index is 12.0. The minimum atomic E-state index is -0.973. The molecule has 0 aromatic carbocycles. The first-order valence-corrected chi connectivity index (χ1v) is 7.23. The monoisotopic (exact) mass is 295 g/mol. The van der Waals surface area contributed by atoms with E-state index in [4.69, 9.17) is 9.84 Å². The third kappa shape index (κ3) is 3.68. The van der Waals surface area contributed by atoms with E-state index in [1.165, 1.54) is 11.3 Å². The molecule has 0 bridgehead atoms. The average molecular weight is 295 g/mol. The van der Waals surface area contributed by atoms with E-state index in [0.29, 0.717) is 13.2 Å². The number of hydrogen-bond donors (Lipinski definition) is 2. The van der Waals surface area contributed by atoms with Gasteiger partial charge in [0.1, 0.15) is 5.60 Å². The Labute approximate surface area is 121 Å². The molecule has 1 unspecified atom stereocenters. The smallest absolute Gasteiger partial charge is 0.328 e. The Morgan fingerprint density at radius 3 is 3.00 bits per heavy atom. The number of ether oxygens (including phenoxy) is 1. The highest BCUT2D eigenvalue weighted by Gasteiger charge is 2.37. The number of carboxylic acid groups (broad SMARTS) is 1. The van der Waals surface area contributed by atoms with E-state index in [1.54, 1.807) is 6.08 Å². The largest absolute Gasteiger partial charge is 0.478 e. The molecular weight excluding hydrogens is 278 g/mol. The summed E-state index contributed by atoms with van der Waals surface area (Å²) in [5, 5.41) is 11.4. The van der Waals surface area contributed by atoms with Crippen molar-refractivity contribution in [1.82, 2.24) is 5.32 Å². The lowest BCUT2D eigenvalue weighted by atomic mass is 10.0. The topological polar surface area (TPSA) is 75.6 Å². The summed E-state index contributed by atoms with van der Waals surface area (Å²) in [7, 11) is 0. The standard InChI is InChI=1S/C14H17NO4S/c1-14(7-2-8-19-14)13(18)15-9-11-4-3-10(20-11)5-6-12(16)17/h3-6H,2,7-9H2,1H3,(H,15,18)(H,16,17)/b6-5+. The van der Waals surface area contributed by atoms with Crippen LogP contribution in [-0.2, 0) is 20.9 Å². The molecule has 1 atom stereocenters. The first-order valence-electron chi connectivity index (χ1n) is 6.41. The molecule has 0 spiro atoms. The van der Waals surface area contributed by atoms with Crippen LogP contribution in [0.2, 0.25) is 0 Å². The summed E-state index contributed by atoms with van der Waals surface area (Å²) in [5.74, 6) is -1.06. The molecule has 0 aliphatic carbocycles. The fourth-order valence-corrected chi connectivity index (χ4v) is 2.90. The summed E-state index contributed by atoms with van der Waals surface area (Å²) in [6.07, 6.45) is 4.30. The van der Waals surface area contributed by atoms with Crippen molar-refractivity contribution >= 4 is 29.3 Å². The number of aliphatic carboxylic acids is 1. The molecule has 5 nitrogen and oxygen atoms in total. The number of thiophene rings is 1. The summed E-state index contributed by atoms with van der Waals surface area (Å²) in [4.78, 5) is 24.3. The number of carbonyl (C=O) groups excluding carboxylic acids is 1. The van der Waals surface area contributed by atoms with Crippen LogP contribution in [0.15, 0.2) is 18.2 Å². The van der Waals surface area contributed by atoms with E-state index in [9.17, 15) is 9.59 Å². The van der Waals surface area contributed by atoms with Gasteiger partial charge in [0.25, 0.3) is 5.91 Å². The molecule has 2 heterocycles. The van der Waals surface area contributed by atoms with Crippen LogP contribution in [0.1, 0.15) is 29.5 Å². The van der Waals surface area contributed by atoms with Crippen LogP contribution >= 0.6 is 11.3 Å². The third-order valence-electron chi connectivity index (χ3n) is 3.19. The lowest BCUT2D eigenvalue weighted by Crippen LogP contribution is -2.43. The van der Waals surface area contributed by atoms with Crippen LogP contribution in [-0.4, -0.2) is 29.2 Å². The molecule has 2 N–H and O–H groups in total. The SMILES string of the molecule is CC1(C(=O)NCc2ccc(/C=C/C(=O)O)s2)CCCO1. The van der Waals surface area contributed by atoms with E-state index < -0.39 is 11.6 Å². The highest BCUT2D eigenvalue weighted by Crippen LogP contribution is 2.25. The molecule has 1 aromatic rings. The molecule has 1 amide bonds. The van der Waals surface area contributed by atoms with Gasteiger partial charge in [-0.25, -0.2) is 4.79 Å². The molecule has 1 saturated heterocycles. The second-order valence-corrected chi connectivity index (χ2v) is 6.04. The number of carbonyl (C=O) groups is 2. The van der Waals surface area contributed by atoms with Crippen molar-refractivity contribution in [2.45, 2.75) is 31.9 Å². The van der Waals surface area contributed by atoms with Crippen LogP contribution in [0.25, 0.3) is 6.08 Å². The first kappa shape index (κ1) is 14.7. The molecule has 1 fully saturated rings.